The van der Waals surface area contributed by atoms with Gasteiger partial charge in [-0.3, -0.25) is 0 Å². The lowest BCUT2D eigenvalue weighted by Gasteiger charge is -2.17. The number of aliphatic hydroxyl groups is 1. The quantitative estimate of drug-likeness (QED) is 0.550. The molecule has 3 N–H and O–H groups in total. The summed E-state index contributed by atoms with van der Waals surface area (Å²) in [4.78, 5) is 2.26. The zero-order chi connectivity index (χ0) is 9.40. The lowest BCUT2D eigenvalue weighted by Crippen LogP contribution is -2.26. The maximum absolute atomic E-state index is 8.56. The van der Waals surface area contributed by atoms with E-state index in [2.05, 4.69) is 11.9 Å². The average Bonchev–Trinajstić information content (AvgIpc) is 2.01. The first-order valence-electron chi connectivity index (χ1n) is 4.71. The number of aliphatic hydroxyl groups excluding tert-OH is 1. The molecule has 0 aromatic rings. The smallest absolute Gasteiger partial charge is 0.0431 e. The van der Waals surface area contributed by atoms with Gasteiger partial charge in [0.05, 0.1) is 0 Å². The molecular formula is C9H22N2O. The third kappa shape index (κ3) is 7.98. The van der Waals surface area contributed by atoms with Crippen molar-refractivity contribution >= 4 is 0 Å². The van der Waals surface area contributed by atoms with Crippen LogP contribution in [0.3, 0.4) is 0 Å². The summed E-state index contributed by atoms with van der Waals surface area (Å²) in [7, 11) is 2.10. The molecule has 1 atom stereocenters. The molecule has 0 aliphatic rings. The molecule has 12 heavy (non-hydrogen) atoms. The van der Waals surface area contributed by atoms with Crippen LogP contribution in [0.15, 0.2) is 0 Å². The predicted molar refractivity (Wildman–Crippen MR) is 52.1 cm³/mol. The summed E-state index contributed by atoms with van der Waals surface area (Å²) in [6, 6.07) is 0.297. The second-order valence-corrected chi connectivity index (χ2v) is 3.50. The number of rotatable bonds is 7. The second-order valence-electron chi connectivity index (χ2n) is 3.50. The monoisotopic (exact) mass is 174 g/mol. The van der Waals surface area contributed by atoms with Crippen LogP contribution in [0.1, 0.15) is 26.2 Å². The van der Waals surface area contributed by atoms with Gasteiger partial charge in [-0.15, -0.1) is 0 Å². The number of nitrogens with zero attached hydrogens (tertiary/aromatic N) is 1. The van der Waals surface area contributed by atoms with Gasteiger partial charge in [0.1, 0.15) is 0 Å². The fraction of sp³-hybridized carbons (Fsp3) is 1.00. The Kier molecular flexibility index (Phi) is 7.45. The van der Waals surface area contributed by atoms with Crippen molar-refractivity contribution in [1.29, 1.82) is 0 Å². The average molecular weight is 174 g/mol. The Morgan fingerprint density at radius 1 is 1.33 bits per heavy atom. The molecule has 0 amide bonds. The highest BCUT2D eigenvalue weighted by molar-refractivity contribution is 4.58. The van der Waals surface area contributed by atoms with E-state index in [1.54, 1.807) is 0 Å². The molecule has 0 saturated carbocycles. The van der Waals surface area contributed by atoms with Gasteiger partial charge in [0, 0.05) is 12.6 Å². The molecule has 3 nitrogen and oxygen atoms in total. The van der Waals surface area contributed by atoms with E-state index in [9.17, 15) is 0 Å². The van der Waals surface area contributed by atoms with E-state index in [-0.39, 0.29) is 0 Å². The fourth-order valence-electron chi connectivity index (χ4n) is 1.03. The standard InChI is InChI=1S/C9H22N2O/c1-9(10)5-7-11(2)6-3-4-8-12/h9,12H,3-8,10H2,1-2H3. The van der Waals surface area contributed by atoms with Crippen molar-refractivity contribution < 1.29 is 5.11 Å². The molecule has 74 valence electrons. The maximum atomic E-state index is 8.56. The summed E-state index contributed by atoms with van der Waals surface area (Å²) in [5, 5.41) is 8.56. The maximum Gasteiger partial charge on any atom is 0.0431 e. The Morgan fingerprint density at radius 2 is 2.00 bits per heavy atom. The number of hydrogen-bond acceptors (Lipinski definition) is 3. The van der Waals surface area contributed by atoms with Gasteiger partial charge in [0.2, 0.25) is 0 Å². The highest BCUT2D eigenvalue weighted by Crippen LogP contribution is 1.95. The molecule has 0 aromatic carbocycles. The van der Waals surface area contributed by atoms with Gasteiger partial charge < -0.3 is 15.7 Å². The SMILES string of the molecule is CC(N)CCN(C)CCCCO. The summed E-state index contributed by atoms with van der Waals surface area (Å²) >= 11 is 0. The van der Waals surface area contributed by atoms with Crippen molar-refractivity contribution in [3.8, 4) is 0 Å². The highest BCUT2D eigenvalue weighted by Gasteiger charge is 1.99. The fourth-order valence-corrected chi connectivity index (χ4v) is 1.03. The van der Waals surface area contributed by atoms with Crippen molar-refractivity contribution in [2.75, 3.05) is 26.7 Å². The zero-order valence-corrected chi connectivity index (χ0v) is 8.29. The lowest BCUT2D eigenvalue weighted by molar-refractivity contribution is 0.261. The van der Waals surface area contributed by atoms with Crippen molar-refractivity contribution in [2.45, 2.75) is 32.2 Å². The molecule has 0 aliphatic heterocycles. The van der Waals surface area contributed by atoms with E-state index in [1.807, 2.05) is 6.92 Å². The normalized spacial score (nSPS) is 13.8. The molecule has 0 aliphatic carbocycles. The highest BCUT2D eigenvalue weighted by atomic mass is 16.2. The first-order chi connectivity index (χ1) is 5.66. The molecule has 0 heterocycles. The Hall–Kier alpha value is -0.120. The van der Waals surface area contributed by atoms with Gasteiger partial charge in [-0.2, -0.15) is 0 Å². The van der Waals surface area contributed by atoms with Crippen molar-refractivity contribution in [3.63, 3.8) is 0 Å². The Morgan fingerprint density at radius 3 is 2.50 bits per heavy atom. The summed E-state index contributed by atoms with van der Waals surface area (Å²) in [6.07, 6.45) is 3.03. The molecule has 0 rings (SSSR count). The lowest BCUT2D eigenvalue weighted by atomic mass is 10.2. The van der Waals surface area contributed by atoms with Gasteiger partial charge in [-0.1, -0.05) is 0 Å². The van der Waals surface area contributed by atoms with Crippen LogP contribution in [-0.2, 0) is 0 Å². The molecule has 0 aromatic heterocycles. The molecule has 1 unspecified atom stereocenters. The molecule has 0 fully saturated rings. The largest absolute Gasteiger partial charge is 0.396 e. The van der Waals surface area contributed by atoms with E-state index < -0.39 is 0 Å². The van der Waals surface area contributed by atoms with Crippen molar-refractivity contribution in [2.24, 2.45) is 5.73 Å². The van der Waals surface area contributed by atoms with Crippen LogP contribution < -0.4 is 5.73 Å². The summed E-state index contributed by atoms with van der Waals surface area (Å²) in [5.41, 5.74) is 5.63. The van der Waals surface area contributed by atoms with Crippen LogP contribution in [0, 0.1) is 0 Å². The molecular weight excluding hydrogens is 152 g/mol. The summed E-state index contributed by atoms with van der Waals surface area (Å²) in [5.74, 6) is 0. The third-order valence-corrected chi connectivity index (χ3v) is 1.91. The van der Waals surface area contributed by atoms with Gasteiger partial charge in [0.25, 0.3) is 0 Å². The Bertz CT molecular complexity index is 96.5. The van der Waals surface area contributed by atoms with E-state index in [1.165, 1.54) is 0 Å². The van der Waals surface area contributed by atoms with Crippen LogP contribution >= 0.6 is 0 Å². The van der Waals surface area contributed by atoms with Gasteiger partial charge in [-0.25, -0.2) is 0 Å². The van der Waals surface area contributed by atoms with Crippen molar-refractivity contribution in [1.82, 2.24) is 4.90 Å². The molecule has 3 heteroatoms. The third-order valence-electron chi connectivity index (χ3n) is 1.91. The Labute approximate surface area is 75.6 Å². The van der Waals surface area contributed by atoms with Crippen LogP contribution in [0.4, 0.5) is 0 Å². The van der Waals surface area contributed by atoms with E-state index in [0.29, 0.717) is 12.6 Å². The van der Waals surface area contributed by atoms with Crippen molar-refractivity contribution in [3.05, 3.63) is 0 Å². The minimum atomic E-state index is 0.297. The Balaban J connectivity index is 3.15. The summed E-state index contributed by atoms with van der Waals surface area (Å²) in [6.45, 7) is 4.46. The predicted octanol–water partition coefficient (Wildman–Crippen LogP) is 0.428. The van der Waals surface area contributed by atoms with Crippen LogP contribution in [0.2, 0.25) is 0 Å². The number of hydrogen-bond donors (Lipinski definition) is 2. The number of nitrogens with two attached hydrogens (primary N) is 1. The van der Waals surface area contributed by atoms with Crippen LogP contribution in [-0.4, -0.2) is 42.8 Å². The molecule has 0 radical (unpaired) electrons. The first kappa shape index (κ1) is 11.9. The minimum absolute atomic E-state index is 0.297. The molecule has 0 spiro atoms. The second kappa shape index (κ2) is 7.53. The van der Waals surface area contributed by atoms with Gasteiger partial charge >= 0.3 is 0 Å². The number of unbranched alkanes of at least 4 members (excludes halogenated alkanes) is 1. The van der Waals surface area contributed by atoms with Crippen LogP contribution in [0.25, 0.3) is 0 Å². The minimum Gasteiger partial charge on any atom is -0.396 e. The summed E-state index contributed by atoms with van der Waals surface area (Å²) < 4.78 is 0. The van der Waals surface area contributed by atoms with E-state index >= 15 is 0 Å². The molecule has 0 bridgehead atoms. The van der Waals surface area contributed by atoms with E-state index in [4.69, 9.17) is 10.8 Å². The topological polar surface area (TPSA) is 49.5 Å². The van der Waals surface area contributed by atoms with Gasteiger partial charge in [0.15, 0.2) is 0 Å². The van der Waals surface area contributed by atoms with Gasteiger partial charge in [-0.05, 0) is 46.3 Å². The van der Waals surface area contributed by atoms with Crippen LogP contribution in [0.5, 0.6) is 0 Å². The molecule has 0 saturated heterocycles. The zero-order valence-electron chi connectivity index (χ0n) is 8.29. The van der Waals surface area contributed by atoms with E-state index in [0.717, 1.165) is 32.4 Å². The first-order valence-corrected chi connectivity index (χ1v) is 4.71.